The van der Waals surface area contributed by atoms with Crippen molar-refractivity contribution in [3.05, 3.63) is 0 Å². The van der Waals surface area contributed by atoms with Crippen LogP contribution in [-0.4, -0.2) is 26.0 Å². The Labute approximate surface area is 55.1 Å². The van der Waals surface area contributed by atoms with Crippen LogP contribution in [0.2, 0.25) is 0 Å². The molecule has 0 saturated carbocycles. The van der Waals surface area contributed by atoms with Gasteiger partial charge in [-0.25, -0.2) is 0 Å². The topological polar surface area (TPSA) is 44.5 Å². The average molecular weight is 131 g/mol. The minimum Gasteiger partial charge on any atom is -0.353 e. The summed E-state index contributed by atoms with van der Waals surface area (Å²) in [4.78, 5) is 0. The zero-order chi connectivity index (χ0) is 6.53. The number of hydrogen-bond donors (Lipinski definition) is 1. The number of ether oxygens (including phenoxy) is 2. The molecule has 1 saturated heterocycles. The van der Waals surface area contributed by atoms with Gasteiger partial charge in [0, 0.05) is 19.6 Å². The van der Waals surface area contributed by atoms with Crippen LogP contribution in [0.4, 0.5) is 0 Å². The van der Waals surface area contributed by atoms with E-state index in [-0.39, 0.29) is 6.29 Å². The van der Waals surface area contributed by atoms with Crippen LogP contribution in [-0.2, 0) is 9.47 Å². The van der Waals surface area contributed by atoms with Crippen LogP contribution in [0.3, 0.4) is 0 Å². The van der Waals surface area contributed by atoms with Gasteiger partial charge in [0.2, 0.25) is 0 Å². The van der Waals surface area contributed by atoms with E-state index < -0.39 is 0 Å². The fourth-order valence-corrected chi connectivity index (χ4v) is 0.879. The largest absolute Gasteiger partial charge is 0.353 e. The van der Waals surface area contributed by atoms with E-state index in [9.17, 15) is 0 Å². The number of hydrogen-bond acceptors (Lipinski definition) is 3. The molecular weight excluding hydrogens is 118 g/mol. The van der Waals surface area contributed by atoms with Crippen LogP contribution in [0.5, 0.6) is 0 Å². The Morgan fingerprint density at radius 1 is 1.67 bits per heavy atom. The van der Waals surface area contributed by atoms with Crippen molar-refractivity contribution < 1.29 is 9.47 Å². The third kappa shape index (κ3) is 2.30. The molecule has 0 spiro atoms. The van der Waals surface area contributed by atoms with Crippen LogP contribution >= 0.6 is 0 Å². The lowest BCUT2D eigenvalue weighted by molar-refractivity contribution is -0.108. The van der Waals surface area contributed by atoms with Gasteiger partial charge in [-0.15, -0.1) is 0 Å². The summed E-state index contributed by atoms with van der Waals surface area (Å²) in [5, 5.41) is 0. The maximum absolute atomic E-state index is 5.23. The first-order valence-electron chi connectivity index (χ1n) is 3.37. The fourth-order valence-electron chi connectivity index (χ4n) is 0.879. The fraction of sp³-hybridized carbons (Fsp3) is 1.00. The smallest absolute Gasteiger partial charge is 0.157 e. The summed E-state index contributed by atoms with van der Waals surface area (Å²) in [5.74, 6) is 0. The Hall–Kier alpha value is -0.120. The molecule has 1 fully saturated rings. The highest BCUT2D eigenvalue weighted by molar-refractivity contribution is 4.53. The van der Waals surface area contributed by atoms with Gasteiger partial charge in [0.1, 0.15) is 0 Å². The van der Waals surface area contributed by atoms with Gasteiger partial charge in [-0.1, -0.05) is 0 Å². The number of rotatable bonds is 3. The van der Waals surface area contributed by atoms with Crippen molar-refractivity contribution in [3.63, 3.8) is 0 Å². The predicted molar refractivity (Wildman–Crippen MR) is 34.0 cm³/mol. The Balaban J connectivity index is 1.98. The van der Waals surface area contributed by atoms with Gasteiger partial charge in [0.25, 0.3) is 0 Å². The first-order valence-corrected chi connectivity index (χ1v) is 3.37. The molecule has 1 atom stereocenters. The van der Waals surface area contributed by atoms with E-state index in [1.54, 1.807) is 0 Å². The molecule has 0 aromatic carbocycles. The molecule has 0 aliphatic carbocycles. The highest BCUT2D eigenvalue weighted by Crippen LogP contribution is 2.11. The average Bonchev–Trinajstić information content (AvgIpc) is 2.34. The lowest BCUT2D eigenvalue weighted by Crippen LogP contribution is -2.16. The molecule has 1 aliphatic rings. The monoisotopic (exact) mass is 131 g/mol. The first-order chi connectivity index (χ1) is 4.43. The zero-order valence-electron chi connectivity index (χ0n) is 5.51. The molecule has 1 aliphatic heterocycles. The SMILES string of the molecule is NCCOC1CCCO1. The summed E-state index contributed by atoms with van der Waals surface area (Å²) in [6, 6.07) is 0. The lowest BCUT2D eigenvalue weighted by Gasteiger charge is -2.08. The van der Waals surface area contributed by atoms with Crippen molar-refractivity contribution in [3.8, 4) is 0 Å². The van der Waals surface area contributed by atoms with Crippen LogP contribution < -0.4 is 5.73 Å². The van der Waals surface area contributed by atoms with Crippen molar-refractivity contribution in [2.24, 2.45) is 5.73 Å². The predicted octanol–water partition coefficient (Wildman–Crippen LogP) is 0.0982. The molecule has 54 valence electrons. The van der Waals surface area contributed by atoms with Crippen LogP contribution in [0.15, 0.2) is 0 Å². The third-order valence-electron chi connectivity index (χ3n) is 1.31. The highest BCUT2D eigenvalue weighted by atomic mass is 16.7. The Morgan fingerprint density at radius 2 is 2.56 bits per heavy atom. The van der Waals surface area contributed by atoms with Crippen molar-refractivity contribution >= 4 is 0 Å². The molecule has 3 heteroatoms. The van der Waals surface area contributed by atoms with Crippen molar-refractivity contribution in [1.82, 2.24) is 0 Å². The molecule has 0 radical (unpaired) electrons. The zero-order valence-corrected chi connectivity index (χ0v) is 5.51. The quantitative estimate of drug-likeness (QED) is 0.590. The summed E-state index contributed by atoms with van der Waals surface area (Å²) in [7, 11) is 0. The van der Waals surface area contributed by atoms with E-state index >= 15 is 0 Å². The maximum Gasteiger partial charge on any atom is 0.157 e. The Morgan fingerprint density at radius 3 is 3.11 bits per heavy atom. The van der Waals surface area contributed by atoms with Crippen molar-refractivity contribution in [2.45, 2.75) is 19.1 Å². The molecule has 0 amide bonds. The first kappa shape index (κ1) is 6.99. The van der Waals surface area contributed by atoms with Gasteiger partial charge in [0.05, 0.1) is 6.61 Å². The summed E-state index contributed by atoms with van der Waals surface area (Å²) < 4.78 is 10.4. The van der Waals surface area contributed by atoms with Gasteiger partial charge in [-0.3, -0.25) is 0 Å². The van der Waals surface area contributed by atoms with Gasteiger partial charge in [0.15, 0.2) is 6.29 Å². The van der Waals surface area contributed by atoms with Gasteiger partial charge < -0.3 is 15.2 Å². The van der Waals surface area contributed by atoms with Crippen LogP contribution in [0, 0.1) is 0 Å². The van der Waals surface area contributed by atoms with Crippen molar-refractivity contribution in [2.75, 3.05) is 19.8 Å². The second-order valence-electron chi connectivity index (χ2n) is 2.10. The standard InChI is InChI=1S/C6H13NO2/c7-3-5-9-6-2-1-4-8-6/h6H,1-5,7H2. The second-order valence-corrected chi connectivity index (χ2v) is 2.10. The van der Waals surface area contributed by atoms with E-state index in [2.05, 4.69) is 0 Å². The Bertz CT molecular complexity index is 71.5. The summed E-state index contributed by atoms with van der Waals surface area (Å²) >= 11 is 0. The highest BCUT2D eigenvalue weighted by Gasteiger charge is 2.14. The molecule has 1 unspecified atom stereocenters. The van der Waals surface area contributed by atoms with E-state index in [0.29, 0.717) is 13.2 Å². The Kier molecular flexibility index (Phi) is 2.97. The minimum atomic E-state index is 0.0357. The molecule has 9 heavy (non-hydrogen) atoms. The summed E-state index contributed by atoms with van der Waals surface area (Å²) in [6.45, 7) is 2.04. The third-order valence-corrected chi connectivity index (χ3v) is 1.31. The molecule has 0 aromatic rings. The molecule has 1 heterocycles. The van der Waals surface area contributed by atoms with Crippen LogP contribution in [0.25, 0.3) is 0 Å². The van der Waals surface area contributed by atoms with Gasteiger partial charge >= 0.3 is 0 Å². The van der Waals surface area contributed by atoms with Crippen LogP contribution in [0.1, 0.15) is 12.8 Å². The van der Waals surface area contributed by atoms with E-state index in [4.69, 9.17) is 15.2 Å². The minimum absolute atomic E-state index is 0.0357. The van der Waals surface area contributed by atoms with Crippen molar-refractivity contribution in [1.29, 1.82) is 0 Å². The molecule has 2 N–H and O–H groups in total. The molecule has 0 aromatic heterocycles. The molecule has 0 bridgehead atoms. The van der Waals surface area contributed by atoms with E-state index in [1.165, 1.54) is 0 Å². The van der Waals surface area contributed by atoms with E-state index in [0.717, 1.165) is 19.4 Å². The normalized spacial score (nSPS) is 27.0. The number of nitrogens with two attached hydrogens (primary N) is 1. The second kappa shape index (κ2) is 3.82. The maximum atomic E-state index is 5.23. The van der Waals surface area contributed by atoms with E-state index in [1.807, 2.05) is 0 Å². The lowest BCUT2D eigenvalue weighted by atomic mass is 10.4. The molecule has 1 rings (SSSR count). The summed E-state index contributed by atoms with van der Waals surface area (Å²) in [5.41, 5.74) is 5.23. The van der Waals surface area contributed by atoms with Gasteiger partial charge in [-0.05, 0) is 6.42 Å². The molecular formula is C6H13NO2. The summed E-state index contributed by atoms with van der Waals surface area (Å²) in [6.07, 6.45) is 2.18. The molecule has 3 nitrogen and oxygen atoms in total. The van der Waals surface area contributed by atoms with Gasteiger partial charge in [-0.2, -0.15) is 0 Å².